The lowest BCUT2D eigenvalue weighted by Gasteiger charge is -2.31. The van der Waals surface area contributed by atoms with Crippen molar-refractivity contribution in [1.82, 2.24) is 19.9 Å². The summed E-state index contributed by atoms with van der Waals surface area (Å²) in [7, 11) is 0. The van der Waals surface area contributed by atoms with Crippen LogP contribution in [0.4, 0.5) is 0 Å². The van der Waals surface area contributed by atoms with Crippen LogP contribution >= 0.6 is 0 Å². The third kappa shape index (κ3) is 2.50. The molecular formula is C14H16N4O. The van der Waals surface area contributed by atoms with E-state index >= 15 is 0 Å². The van der Waals surface area contributed by atoms with Crippen molar-refractivity contribution in [2.75, 3.05) is 13.1 Å². The average Bonchev–Trinajstić information content (AvgIpc) is 3.02. The number of aromatic amines is 1. The first kappa shape index (κ1) is 11.9. The smallest absolute Gasteiger partial charge is 0.253 e. The summed E-state index contributed by atoms with van der Waals surface area (Å²) in [5.74, 6) is 1.58. The number of piperidine rings is 1. The first-order valence-electron chi connectivity index (χ1n) is 6.53. The highest BCUT2D eigenvalue weighted by Crippen LogP contribution is 2.25. The zero-order valence-electron chi connectivity index (χ0n) is 10.6. The van der Waals surface area contributed by atoms with Gasteiger partial charge in [0.2, 0.25) is 0 Å². The lowest BCUT2D eigenvalue weighted by atomic mass is 9.96. The van der Waals surface area contributed by atoms with Crippen LogP contribution in [0.15, 0.2) is 36.9 Å². The Bertz CT molecular complexity index is 530. The Hall–Kier alpha value is -2.17. The Kier molecular flexibility index (Phi) is 3.27. The standard InChI is InChI=1S/C14H16N4O/c19-14(12-1-5-15-6-2-12)18-9-3-11(4-10-18)13-16-7-8-17-13/h1-2,5-8,11H,3-4,9-10H2,(H,16,17). The number of pyridine rings is 1. The molecule has 0 radical (unpaired) electrons. The van der Waals surface area contributed by atoms with E-state index in [-0.39, 0.29) is 5.91 Å². The predicted octanol–water partition coefficient (Wildman–Crippen LogP) is 1.82. The molecule has 1 aliphatic heterocycles. The molecule has 1 N–H and O–H groups in total. The number of aromatic nitrogens is 3. The van der Waals surface area contributed by atoms with Gasteiger partial charge in [-0.3, -0.25) is 9.78 Å². The molecule has 0 spiro atoms. The van der Waals surface area contributed by atoms with Crippen LogP contribution in [-0.2, 0) is 0 Å². The monoisotopic (exact) mass is 256 g/mol. The molecule has 5 nitrogen and oxygen atoms in total. The van der Waals surface area contributed by atoms with Crippen molar-refractivity contribution in [3.8, 4) is 0 Å². The summed E-state index contributed by atoms with van der Waals surface area (Å²) < 4.78 is 0. The van der Waals surface area contributed by atoms with E-state index in [2.05, 4.69) is 15.0 Å². The quantitative estimate of drug-likeness (QED) is 0.891. The molecule has 0 aromatic carbocycles. The van der Waals surface area contributed by atoms with Gasteiger partial charge in [0.05, 0.1) is 0 Å². The Balaban J connectivity index is 1.63. The van der Waals surface area contributed by atoms with Gasteiger partial charge < -0.3 is 9.88 Å². The number of carbonyl (C=O) groups excluding carboxylic acids is 1. The maximum Gasteiger partial charge on any atom is 0.253 e. The van der Waals surface area contributed by atoms with Crippen molar-refractivity contribution in [2.45, 2.75) is 18.8 Å². The summed E-state index contributed by atoms with van der Waals surface area (Å²) >= 11 is 0. The Morgan fingerprint density at radius 2 is 1.95 bits per heavy atom. The molecule has 0 atom stereocenters. The van der Waals surface area contributed by atoms with Crippen molar-refractivity contribution in [2.24, 2.45) is 0 Å². The van der Waals surface area contributed by atoms with Gasteiger partial charge in [0.25, 0.3) is 5.91 Å². The summed E-state index contributed by atoms with van der Waals surface area (Å²) in [6.45, 7) is 1.57. The van der Waals surface area contributed by atoms with E-state index in [9.17, 15) is 4.79 Å². The molecule has 1 fully saturated rings. The highest BCUT2D eigenvalue weighted by molar-refractivity contribution is 5.94. The SMILES string of the molecule is O=C(c1ccncc1)N1CCC(c2ncc[nH]2)CC1. The van der Waals surface area contributed by atoms with E-state index in [4.69, 9.17) is 0 Å². The van der Waals surface area contributed by atoms with Gasteiger partial charge in [-0.2, -0.15) is 0 Å². The fourth-order valence-corrected chi connectivity index (χ4v) is 2.53. The topological polar surface area (TPSA) is 61.9 Å². The fourth-order valence-electron chi connectivity index (χ4n) is 2.53. The predicted molar refractivity (Wildman–Crippen MR) is 70.7 cm³/mol. The normalized spacial score (nSPS) is 16.5. The third-order valence-corrected chi connectivity index (χ3v) is 3.62. The molecule has 3 rings (SSSR count). The first-order valence-corrected chi connectivity index (χ1v) is 6.53. The summed E-state index contributed by atoms with van der Waals surface area (Å²) in [5.41, 5.74) is 0.714. The van der Waals surface area contributed by atoms with Crippen molar-refractivity contribution < 1.29 is 4.79 Å². The molecule has 98 valence electrons. The number of carbonyl (C=O) groups is 1. The van der Waals surface area contributed by atoms with Crippen molar-refractivity contribution in [3.05, 3.63) is 48.3 Å². The average molecular weight is 256 g/mol. The van der Waals surface area contributed by atoms with Gasteiger partial charge in [0, 0.05) is 49.4 Å². The summed E-state index contributed by atoms with van der Waals surface area (Å²) in [5, 5.41) is 0. The number of nitrogens with one attached hydrogen (secondary N) is 1. The zero-order valence-corrected chi connectivity index (χ0v) is 10.6. The second-order valence-corrected chi connectivity index (χ2v) is 4.78. The van der Waals surface area contributed by atoms with Crippen molar-refractivity contribution in [1.29, 1.82) is 0 Å². The van der Waals surface area contributed by atoms with E-state index < -0.39 is 0 Å². The number of likely N-dealkylation sites (tertiary alicyclic amines) is 1. The highest BCUT2D eigenvalue weighted by atomic mass is 16.2. The van der Waals surface area contributed by atoms with E-state index in [1.807, 2.05) is 11.1 Å². The van der Waals surface area contributed by atoms with E-state index in [0.717, 1.165) is 31.8 Å². The maximum absolute atomic E-state index is 12.3. The second kappa shape index (κ2) is 5.22. The summed E-state index contributed by atoms with van der Waals surface area (Å²) in [4.78, 5) is 25.6. The van der Waals surface area contributed by atoms with Crippen LogP contribution < -0.4 is 0 Å². The minimum Gasteiger partial charge on any atom is -0.348 e. The van der Waals surface area contributed by atoms with Crippen LogP contribution in [0.3, 0.4) is 0 Å². The number of rotatable bonds is 2. The number of H-pyrrole nitrogens is 1. The molecular weight excluding hydrogens is 240 g/mol. The lowest BCUT2D eigenvalue weighted by Crippen LogP contribution is -2.38. The molecule has 1 saturated heterocycles. The minimum atomic E-state index is 0.0975. The summed E-state index contributed by atoms with van der Waals surface area (Å²) in [6, 6.07) is 3.53. The molecule has 1 amide bonds. The van der Waals surface area contributed by atoms with E-state index in [1.165, 1.54) is 0 Å². The van der Waals surface area contributed by atoms with Gasteiger partial charge in [-0.1, -0.05) is 0 Å². The van der Waals surface area contributed by atoms with Gasteiger partial charge in [-0.25, -0.2) is 4.98 Å². The number of nitrogens with zero attached hydrogens (tertiary/aromatic N) is 3. The van der Waals surface area contributed by atoms with Crippen LogP contribution in [0.5, 0.6) is 0 Å². The summed E-state index contributed by atoms with van der Waals surface area (Å²) in [6.07, 6.45) is 8.87. The van der Waals surface area contributed by atoms with Gasteiger partial charge in [0.15, 0.2) is 0 Å². The number of imidazole rings is 1. The van der Waals surface area contributed by atoms with Gasteiger partial charge in [-0.15, -0.1) is 0 Å². The molecule has 2 aromatic heterocycles. The van der Waals surface area contributed by atoms with Gasteiger partial charge >= 0.3 is 0 Å². The van der Waals surface area contributed by atoms with Crippen molar-refractivity contribution in [3.63, 3.8) is 0 Å². The third-order valence-electron chi connectivity index (χ3n) is 3.62. The van der Waals surface area contributed by atoms with E-state index in [0.29, 0.717) is 11.5 Å². The van der Waals surface area contributed by atoms with Crippen LogP contribution in [0.25, 0.3) is 0 Å². The van der Waals surface area contributed by atoms with Crippen molar-refractivity contribution >= 4 is 5.91 Å². The molecule has 0 aliphatic carbocycles. The molecule has 2 aromatic rings. The zero-order chi connectivity index (χ0) is 13.1. The maximum atomic E-state index is 12.3. The Morgan fingerprint density at radius 1 is 1.21 bits per heavy atom. The minimum absolute atomic E-state index is 0.0975. The number of amides is 1. The van der Waals surface area contributed by atoms with Gasteiger partial charge in [-0.05, 0) is 25.0 Å². The molecule has 0 saturated carbocycles. The molecule has 1 aliphatic rings. The van der Waals surface area contributed by atoms with Crippen LogP contribution in [0.2, 0.25) is 0 Å². The van der Waals surface area contributed by atoms with Crippen LogP contribution in [0, 0.1) is 0 Å². The molecule has 0 unspecified atom stereocenters. The first-order chi connectivity index (χ1) is 9.34. The van der Waals surface area contributed by atoms with E-state index in [1.54, 1.807) is 30.7 Å². The highest BCUT2D eigenvalue weighted by Gasteiger charge is 2.25. The second-order valence-electron chi connectivity index (χ2n) is 4.78. The van der Waals surface area contributed by atoms with Crippen LogP contribution in [0.1, 0.15) is 34.9 Å². The Labute approximate surface area is 111 Å². The molecule has 3 heterocycles. The van der Waals surface area contributed by atoms with Gasteiger partial charge in [0.1, 0.15) is 5.82 Å². The number of hydrogen-bond donors (Lipinski definition) is 1. The Morgan fingerprint density at radius 3 is 2.58 bits per heavy atom. The lowest BCUT2D eigenvalue weighted by molar-refractivity contribution is 0.0711. The number of hydrogen-bond acceptors (Lipinski definition) is 3. The van der Waals surface area contributed by atoms with Crippen LogP contribution in [-0.4, -0.2) is 38.8 Å². The largest absolute Gasteiger partial charge is 0.348 e. The molecule has 0 bridgehead atoms. The molecule has 19 heavy (non-hydrogen) atoms. The molecule has 5 heteroatoms. The fraction of sp³-hybridized carbons (Fsp3) is 0.357.